The first-order chi connectivity index (χ1) is 8.61. The first kappa shape index (κ1) is 15.4. The third-order valence-electron chi connectivity index (χ3n) is 3.32. The van der Waals surface area contributed by atoms with Gasteiger partial charge in [0.15, 0.2) is 0 Å². The summed E-state index contributed by atoms with van der Waals surface area (Å²) >= 11 is 0. The average Bonchev–Trinajstić information content (AvgIpc) is 2.29. The van der Waals surface area contributed by atoms with Gasteiger partial charge in [-0.2, -0.15) is 0 Å². The summed E-state index contributed by atoms with van der Waals surface area (Å²) in [5.41, 5.74) is 0. The molecule has 0 radical (unpaired) electrons. The van der Waals surface area contributed by atoms with Gasteiger partial charge in [0.25, 0.3) is 0 Å². The fraction of sp³-hybridized carbons (Fsp3) is 0.929. The maximum atomic E-state index is 11.5. The normalized spacial score (nSPS) is 21.2. The molecule has 1 heterocycles. The van der Waals surface area contributed by atoms with Crippen LogP contribution in [0.15, 0.2) is 0 Å². The summed E-state index contributed by atoms with van der Waals surface area (Å²) in [4.78, 5) is 13.8. The molecule has 0 spiro atoms. The van der Waals surface area contributed by atoms with Crippen LogP contribution in [0.4, 0.5) is 0 Å². The van der Waals surface area contributed by atoms with Gasteiger partial charge in [-0.05, 0) is 52.5 Å². The van der Waals surface area contributed by atoms with Crippen molar-refractivity contribution < 1.29 is 9.53 Å². The van der Waals surface area contributed by atoms with E-state index in [2.05, 4.69) is 24.1 Å². The molecular weight excluding hydrogens is 228 g/mol. The highest BCUT2D eigenvalue weighted by atomic mass is 16.5. The number of hydrogen-bond donors (Lipinski definition) is 1. The second kappa shape index (κ2) is 8.48. The van der Waals surface area contributed by atoms with Gasteiger partial charge in [-0.15, -0.1) is 0 Å². The van der Waals surface area contributed by atoms with Crippen LogP contribution in [-0.2, 0) is 9.53 Å². The monoisotopic (exact) mass is 256 g/mol. The van der Waals surface area contributed by atoms with E-state index >= 15 is 0 Å². The lowest BCUT2D eigenvalue weighted by Gasteiger charge is -2.32. The van der Waals surface area contributed by atoms with Crippen LogP contribution < -0.4 is 5.32 Å². The molecule has 4 heteroatoms. The molecule has 1 N–H and O–H groups in total. The number of likely N-dealkylation sites (tertiary alicyclic amines) is 1. The SMILES string of the molecule is CCNC(=O)CN1CCC[C@@H](CCOC(C)C)C1. The lowest BCUT2D eigenvalue weighted by Crippen LogP contribution is -2.42. The number of nitrogens with zero attached hydrogens (tertiary/aromatic N) is 1. The fourth-order valence-corrected chi connectivity index (χ4v) is 2.46. The maximum Gasteiger partial charge on any atom is 0.234 e. The first-order valence-corrected chi connectivity index (χ1v) is 7.22. The van der Waals surface area contributed by atoms with Gasteiger partial charge in [0.2, 0.25) is 5.91 Å². The van der Waals surface area contributed by atoms with Crippen LogP contribution in [0.3, 0.4) is 0 Å². The molecule has 0 aromatic carbocycles. The molecule has 0 aliphatic carbocycles. The predicted molar refractivity (Wildman–Crippen MR) is 73.6 cm³/mol. The molecule has 4 nitrogen and oxygen atoms in total. The Morgan fingerprint density at radius 3 is 2.94 bits per heavy atom. The number of rotatable bonds is 7. The fourth-order valence-electron chi connectivity index (χ4n) is 2.46. The first-order valence-electron chi connectivity index (χ1n) is 7.22. The van der Waals surface area contributed by atoms with E-state index in [9.17, 15) is 4.79 Å². The van der Waals surface area contributed by atoms with E-state index in [0.717, 1.165) is 32.7 Å². The van der Waals surface area contributed by atoms with Crippen LogP contribution in [0.5, 0.6) is 0 Å². The van der Waals surface area contributed by atoms with Crippen LogP contribution in [0, 0.1) is 5.92 Å². The molecule has 1 saturated heterocycles. The number of ether oxygens (including phenoxy) is 1. The molecule has 0 saturated carbocycles. The molecule has 1 atom stereocenters. The van der Waals surface area contributed by atoms with Crippen molar-refractivity contribution >= 4 is 5.91 Å². The van der Waals surface area contributed by atoms with Crippen molar-refractivity contribution in [2.24, 2.45) is 5.92 Å². The molecule has 18 heavy (non-hydrogen) atoms. The summed E-state index contributed by atoms with van der Waals surface area (Å²) in [5.74, 6) is 0.837. The van der Waals surface area contributed by atoms with E-state index in [4.69, 9.17) is 4.74 Å². The summed E-state index contributed by atoms with van der Waals surface area (Å²) in [5, 5.41) is 2.86. The van der Waals surface area contributed by atoms with E-state index in [0.29, 0.717) is 18.6 Å². The highest BCUT2D eigenvalue weighted by Gasteiger charge is 2.21. The lowest BCUT2D eigenvalue weighted by atomic mass is 9.95. The zero-order chi connectivity index (χ0) is 13.4. The van der Waals surface area contributed by atoms with E-state index in [-0.39, 0.29) is 5.91 Å². The summed E-state index contributed by atoms with van der Waals surface area (Å²) in [6, 6.07) is 0. The quantitative estimate of drug-likeness (QED) is 0.753. The third kappa shape index (κ3) is 6.36. The molecule has 1 rings (SSSR count). The van der Waals surface area contributed by atoms with Gasteiger partial charge in [-0.25, -0.2) is 0 Å². The Morgan fingerprint density at radius 2 is 2.28 bits per heavy atom. The summed E-state index contributed by atoms with van der Waals surface area (Å²) in [7, 11) is 0. The molecule has 1 aliphatic heterocycles. The largest absolute Gasteiger partial charge is 0.379 e. The maximum absolute atomic E-state index is 11.5. The Labute approximate surface area is 111 Å². The van der Waals surface area contributed by atoms with E-state index in [1.165, 1.54) is 12.8 Å². The Bertz CT molecular complexity index is 244. The van der Waals surface area contributed by atoms with Gasteiger partial charge in [0, 0.05) is 19.7 Å². The second-order valence-corrected chi connectivity index (χ2v) is 5.41. The minimum absolute atomic E-state index is 0.150. The lowest BCUT2D eigenvalue weighted by molar-refractivity contribution is -0.122. The van der Waals surface area contributed by atoms with Crippen LogP contribution >= 0.6 is 0 Å². The number of hydrogen-bond acceptors (Lipinski definition) is 3. The van der Waals surface area contributed by atoms with Crippen molar-refractivity contribution in [2.45, 2.75) is 46.1 Å². The summed E-state index contributed by atoms with van der Waals surface area (Å²) in [6.07, 6.45) is 3.91. The van der Waals surface area contributed by atoms with E-state index in [1.807, 2.05) is 6.92 Å². The summed E-state index contributed by atoms with van der Waals surface area (Å²) < 4.78 is 5.60. The smallest absolute Gasteiger partial charge is 0.234 e. The number of carbonyl (C=O) groups excluding carboxylic acids is 1. The highest BCUT2D eigenvalue weighted by molar-refractivity contribution is 5.77. The summed E-state index contributed by atoms with van der Waals surface area (Å²) in [6.45, 7) is 10.3. The van der Waals surface area contributed by atoms with Crippen molar-refractivity contribution in [1.82, 2.24) is 10.2 Å². The minimum Gasteiger partial charge on any atom is -0.379 e. The zero-order valence-corrected chi connectivity index (χ0v) is 12.1. The predicted octanol–water partition coefficient (Wildman–Crippen LogP) is 1.65. The standard InChI is InChI=1S/C14H28N2O2/c1-4-15-14(17)11-16-8-5-6-13(10-16)7-9-18-12(2)3/h12-13H,4-11H2,1-3H3,(H,15,17)/t13-/m0/s1. The Balaban J connectivity index is 2.21. The molecule has 0 aromatic heterocycles. The number of piperidine rings is 1. The number of carbonyl (C=O) groups is 1. The van der Waals surface area contributed by atoms with Crippen molar-refractivity contribution in [2.75, 3.05) is 32.8 Å². The highest BCUT2D eigenvalue weighted by Crippen LogP contribution is 2.19. The molecule has 0 aromatic rings. The Kier molecular flexibility index (Phi) is 7.28. The van der Waals surface area contributed by atoms with Gasteiger partial charge >= 0.3 is 0 Å². The zero-order valence-electron chi connectivity index (χ0n) is 12.1. The van der Waals surface area contributed by atoms with Gasteiger partial charge in [0.05, 0.1) is 12.6 Å². The van der Waals surface area contributed by atoms with Crippen molar-refractivity contribution in [1.29, 1.82) is 0 Å². The van der Waals surface area contributed by atoms with Crippen LogP contribution in [0.2, 0.25) is 0 Å². The van der Waals surface area contributed by atoms with E-state index in [1.54, 1.807) is 0 Å². The van der Waals surface area contributed by atoms with E-state index < -0.39 is 0 Å². The van der Waals surface area contributed by atoms with Crippen molar-refractivity contribution in [3.8, 4) is 0 Å². The molecule has 0 unspecified atom stereocenters. The third-order valence-corrected chi connectivity index (χ3v) is 3.32. The van der Waals surface area contributed by atoms with Gasteiger partial charge in [0.1, 0.15) is 0 Å². The van der Waals surface area contributed by atoms with Crippen LogP contribution in [0.1, 0.15) is 40.0 Å². The topological polar surface area (TPSA) is 41.6 Å². The Hall–Kier alpha value is -0.610. The molecular formula is C14H28N2O2. The van der Waals surface area contributed by atoms with Gasteiger partial charge in [-0.3, -0.25) is 9.69 Å². The number of nitrogens with one attached hydrogen (secondary N) is 1. The van der Waals surface area contributed by atoms with Crippen molar-refractivity contribution in [3.63, 3.8) is 0 Å². The van der Waals surface area contributed by atoms with Crippen molar-refractivity contribution in [3.05, 3.63) is 0 Å². The molecule has 0 bridgehead atoms. The number of likely N-dealkylation sites (N-methyl/N-ethyl adjacent to an activating group) is 1. The minimum atomic E-state index is 0.150. The molecule has 1 amide bonds. The van der Waals surface area contributed by atoms with Crippen LogP contribution in [-0.4, -0.2) is 49.7 Å². The second-order valence-electron chi connectivity index (χ2n) is 5.41. The molecule has 1 fully saturated rings. The average molecular weight is 256 g/mol. The molecule has 106 valence electrons. The van der Waals surface area contributed by atoms with Crippen LogP contribution in [0.25, 0.3) is 0 Å². The van der Waals surface area contributed by atoms with Gasteiger partial charge < -0.3 is 10.1 Å². The van der Waals surface area contributed by atoms with Gasteiger partial charge in [-0.1, -0.05) is 0 Å². The Morgan fingerprint density at radius 1 is 1.50 bits per heavy atom. The number of amides is 1. The molecule has 1 aliphatic rings.